The molecule has 1 aliphatic rings. The number of amides is 2. The predicted octanol–water partition coefficient (Wildman–Crippen LogP) is 0.321. The predicted molar refractivity (Wildman–Crippen MR) is 59.6 cm³/mol. The van der Waals surface area contributed by atoms with Crippen molar-refractivity contribution >= 4 is 11.8 Å². The number of hydrogen-bond donors (Lipinski definition) is 2. The third kappa shape index (κ3) is 2.98. The molecule has 0 radical (unpaired) electrons. The molecule has 0 bridgehead atoms. The van der Waals surface area contributed by atoms with Crippen LogP contribution in [0.4, 0.5) is 0 Å². The monoisotopic (exact) mass is 226 g/mol. The van der Waals surface area contributed by atoms with Crippen LogP contribution in [0, 0.1) is 0 Å². The molecule has 0 saturated carbocycles. The minimum atomic E-state index is -0.528. The largest absolute Gasteiger partial charge is 0.498 e. The van der Waals surface area contributed by atoms with Crippen LogP contribution < -0.4 is 10.6 Å². The number of carbonyl (C=O) groups is 2. The molecule has 5 heteroatoms. The Kier molecular flexibility index (Phi) is 4.34. The molecule has 2 N–H and O–H groups in total. The van der Waals surface area contributed by atoms with Crippen molar-refractivity contribution in [2.45, 2.75) is 32.7 Å². The first-order valence-corrected chi connectivity index (χ1v) is 5.41. The number of allylic oxidation sites excluding steroid dienone is 1. The number of carbonyl (C=O) groups excluding carboxylic acids is 2. The molecule has 1 heterocycles. The van der Waals surface area contributed by atoms with Gasteiger partial charge in [0.2, 0.25) is 5.91 Å². The van der Waals surface area contributed by atoms with E-state index in [1.165, 1.54) is 0 Å². The number of likely N-dealkylation sites (N-methyl/N-ethyl adjacent to an activating group) is 1. The van der Waals surface area contributed by atoms with Gasteiger partial charge in [-0.3, -0.25) is 9.59 Å². The van der Waals surface area contributed by atoms with Gasteiger partial charge in [-0.05, 0) is 26.7 Å². The van der Waals surface area contributed by atoms with Gasteiger partial charge in [0.15, 0.2) is 0 Å². The average molecular weight is 226 g/mol. The van der Waals surface area contributed by atoms with Crippen molar-refractivity contribution in [3.05, 3.63) is 11.3 Å². The Balaban J connectivity index is 2.61. The minimum absolute atomic E-state index is 0.205. The zero-order valence-electron chi connectivity index (χ0n) is 9.92. The molecule has 0 aromatic heterocycles. The van der Waals surface area contributed by atoms with Gasteiger partial charge >= 0.3 is 0 Å². The maximum absolute atomic E-state index is 11.8. The first-order chi connectivity index (χ1) is 7.56. The molecule has 2 amide bonds. The van der Waals surface area contributed by atoms with Gasteiger partial charge in [-0.15, -0.1) is 0 Å². The summed E-state index contributed by atoms with van der Waals surface area (Å²) >= 11 is 0. The minimum Gasteiger partial charge on any atom is -0.498 e. The van der Waals surface area contributed by atoms with E-state index in [1.807, 2.05) is 0 Å². The molecule has 0 aliphatic carbocycles. The first-order valence-electron chi connectivity index (χ1n) is 5.41. The van der Waals surface area contributed by atoms with Crippen LogP contribution in [0.1, 0.15) is 26.7 Å². The molecular weight excluding hydrogens is 208 g/mol. The zero-order valence-corrected chi connectivity index (χ0v) is 9.92. The van der Waals surface area contributed by atoms with Crippen LogP contribution in [0.25, 0.3) is 0 Å². The maximum atomic E-state index is 11.8. The summed E-state index contributed by atoms with van der Waals surface area (Å²) in [7, 11) is 1.54. The van der Waals surface area contributed by atoms with E-state index in [4.69, 9.17) is 4.74 Å². The molecule has 16 heavy (non-hydrogen) atoms. The van der Waals surface area contributed by atoms with E-state index in [-0.39, 0.29) is 11.8 Å². The molecule has 0 saturated heterocycles. The second kappa shape index (κ2) is 5.53. The molecule has 90 valence electrons. The second-order valence-corrected chi connectivity index (χ2v) is 3.80. The van der Waals surface area contributed by atoms with Gasteiger partial charge in [-0.25, -0.2) is 0 Å². The van der Waals surface area contributed by atoms with Crippen molar-refractivity contribution in [3.63, 3.8) is 0 Å². The second-order valence-electron chi connectivity index (χ2n) is 3.80. The fourth-order valence-electron chi connectivity index (χ4n) is 1.58. The van der Waals surface area contributed by atoms with Crippen LogP contribution in [0.3, 0.4) is 0 Å². The van der Waals surface area contributed by atoms with E-state index in [1.54, 1.807) is 20.9 Å². The summed E-state index contributed by atoms with van der Waals surface area (Å²) in [6.45, 7) is 4.09. The SMILES string of the molecule is CNC(=O)[C@@H](C)NC(=O)C1=C(C)OCCC1. The third-order valence-electron chi connectivity index (χ3n) is 2.58. The summed E-state index contributed by atoms with van der Waals surface area (Å²) in [5.41, 5.74) is 0.641. The fourth-order valence-corrected chi connectivity index (χ4v) is 1.58. The molecule has 0 aromatic rings. The highest BCUT2D eigenvalue weighted by atomic mass is 16.5. The van der Waals surface area contributed by atoms with Crippen molar-refractivity contribution in [3.8, 4) is 0 Å². The van der Waals surface area contributed by atoms with Gasteiger partial charge in [0.05, 0.1) is 12.2 Å². The van der Waals surface area contributed by atoms with Crippen molar-refractivity contribution in [1.29, 1.82) is 0 Å². The summed E-state index contributed by atoms with van der Waals surface area (Å²) in [5, 5.41) is 5.13. The summed E-state index contributed by atoms with van der Waals surface area (Å²) in [4.78, 5) is 23.0. The van der Waals surface area contributed by atoms with Crippen molar-refractivity contribution in [1.82, 2.24) is 10.6 Å². The number of ether oxygens (including phenoxy) is 1. The van der Waals surface area contributed by atoms with Gasteiger partial charge in [-0.1, -0.05) is 0 Å². The lowest BCUT2D eigenvalue weighted by Crippen LogP contribution is -2.44. The average Bonchev–Trinajstić information content (AvgIpc) is 2.28. The fraction of sp³-hybridized carbons (Fsp3) is 0.636. The lowest BCUT2D eigenvalue weighted by molar-refractivity contribution is -0.126. The summed E-state index contributed by atoms with van der Waals surface area (Å²) in [5.74, 6) is 0.240. The third-order valence-corrected chi connectivity index (χ3v) is 2.58. The van der Waals surface area contributed by atoms with Crippen LogP contribution in [-0.4, -0.2) is 31.5 Å². The first kappa shape index (κ1) is 12.5. The molecule has 0 fully saturated rings. The van der Waals surface area contributed by atoms with E-state index in [2.05, 4.69) is 10.6 Å². The van der Waals surface area contributed by atoms with E-state index >= 15 is 0 Å². The Morgan fingerprint density at radius 2 is 2.12 bits per heavy atom. The summed E-state index contributed by atoms with van der Waals surface area (Å²) < 4.78 is 5.30. The quantitative estimate of drug-likeness (QED) is 0.728. The maximum Gasteiger partial charge on any atom is 0.251 e. The van der Waals surface area contributed by atoms with Gasteiger partial charge in [-0.2, -0.15) is 0 Å². The number of rotatable bonds is 3. The van der Waals surface area contributed by atoms with E-state index in [9.17, 15) is 9.59 Å². The topological polar surface area (TPSA) is 67.4 Å². The van der Waals surface area contributed by atoms with Gasteiger partial charge in [0.1, 0.15) is 11.8 Å². The van der Waals surface area contributed by atoms with Crippen LogP contribution in [0.2, 0.25) is 0 Å². The van der Waals surface area contributed by atoms with Gasteiger partial charge < -0.3 is 15.4 Å². The van der Waals surface area contributed by atoms with Crippen molar-refractivity contribution < 1.29 is 14.3 Å². The van der Waals surface area contributed by atoms with E-state index in [0.29, 0.717) is 24.4 Å². The van der Waals surface area contributed by atoms with Crippen LogP contribution in [-0.2, 0) is 14.3 Å². The lowest BCUT2D eigenvalue weighted by atomic mass is 10.1. The van der Waals surface area contributed by atoms with Gasteiger partial charge in [0, 0.05) is 7.05 Å². The highest BCUT2D eigenvalue weighted by Gasteiger charge is 2.21. The Hall–Kier alpha value is -1.52. The number of nitrogens with one attached hydrogen (secondary N) is 2. The molecular formula is C11H18N2O3. The Labute approximate surface area is 95.2 Å². The van der Waals surface area contributed by atoms with Gasteiger partial charge in [0.25, 0.3) is 5.91 Å². The molecule has 0 aromatic carbocycles. The molecule has 1 aliphatic heterocycles. The summed E-state index contributed by atoms with van der Waals surface area (Å²) in [6, 6.07) is -0.528. The molecule has 0 spiro atoms. The molecule has 0 unspecified atom stereocenters. The summed E-state index contributed by atoms with van der Waals surface area (Å²) in [6.07, 6.45) is 1.55. The molecule has 5 nitrogen and oxygen atoms in total. The smallest absolute Gasteiger partial charge is 0.251 e. The van der Waals surface area contributed by atoms with Crippen LogP contribution >= 0.6 is 0 Å². The van der Waals surface area contributed by atoms with Crippen molar-refractivity contribution in [2.24, 2.45) is 0 Å². The Morgan fingerprint density at radius 1 is 1.44 bits per heavy atom. The highest BCUT2D eigenvalue weighted by Crippen LogP contribution is 2.18. The number of hydrogen-bond acceptors (Lipinski definition) is 3. The zero-order chi connectivity index (χ0) is 12.1. The standard InChI is InChI=1S/C11H18N2O3/c1-7(10(14)12-3)13-11(15)9-5-4-6-16-8(9)2/h7H,4-6H2,1-3H3,(H,12,14)(H,13,15)/t7-/m1/s1. The van der Waals surface area contributed by atoms with E-state index in [0.717, 1.165) is 6.42 Å². The van der Waals surface area contributed by atoms with Crippen LogP contribution in [0.15, 0.2) is 11.3 Å². The van der Waals surface area contributed by atoms with Crippen LogP contribution in [0.5, 0.6) is 0 Å². The normalized spacial score (nSPS) is 17.4. The lowest BCUT2D eigenvalue weighted by Gasteiger charge is -2.20. The molecule has 1 rings (SSSR count). The Bertz CT molecular complexity index is 323. The molecule has 1 atom stereocenters. The Morgan fingerprint density at radius 3 is 2.69 bits per heavy atom. The van der Waals surface area contributed by atoms with Crippen molar-refractivity contribution in [2.75, 3.05) is 13.7 Å². The van der Waals surface area contributed by atoms with E-state index < -0.39 is 6.04 Å². The highest BCUT2D eigenvalue weighted by molar-refractivity contribution is 5.97.